The number of rotatable bonds is 3. The maximum absolute atomic E-state index is 12.7. The second kappa shape index (κ2) is 6.50. The van der Waals surface area contributed by atoms with Crippen LogP contribution in [-0.2, 0) is 11.8 Å². The molecule has 3 heterocycles. The molecule has 1 N–H and O–H groups in total. The van der Waals surface area contributed by atoms with Crippen molar-refractivity contribution in [3.05, 3.63) is 22.4 Å². The summed E-state index contributed by atoms with van der Waals surface area (Å²) in [6.45, 7) is 1.28. The van der Waals surface area contributed by atoms with Crippen molar-refractivity contribution in [2.45, 2.75) is 37.6 Å². The third kappa shape index (κ3) is 2.92. The summed E-state index contributed by atoms with van der Waals surface area (Å²) in [5, 5.41) is 4.59. The Balaban J connectivity index is 1.39. The lowest BCUT2D eigenvalue weighted by Crippen LogP contribution is -2.52. The Labute approximate surface area is 152 Å². The molecule has 2 aromatic rings. The molecule has 8 heteroatoms. The number of hydrogen-bond acceptors (Lipinski definition) is 5. The van der Waals surface area contributed by atoms with Gasteiger partial charge in [0.1, 0.15) is 11.2 Å². The number of nitrogens with zero attached hydrogens (tertiary/aromatic N) is 5. The van der Waals surface area contributed by atoms with Crippen molar-refractivity contribution in [1.82, 2.24) is 29.5 Å². The largest absolute Gasteiger partial charge is 0.341 e. The van der Waals surface area contributed by atoms with Crippen LogP contribution in [0.2, 0.25) is 0 Å². The number of amides is 1. The summed E-state index contributed by atoms with van der Waals surface area (Å²) in [5.41, 5.74) is 0.431. The summed E-state index contributed by atoms with van der Waals surface area (Å²) in [5.74, 6) is 1.18. The number of hydrogen-bond donors (Lipinski definition) is 1. The summed E-state index contributed by atoms with van der Waals surface area (Å²) in [6.07, 6.45) is 5.66. The number of H-pyrrole nitrogens is 1. The average molecular weight is 358 g/mol. The van der Waals surface area contributed by atoms with E-state index >= 15 is 0 Å². The van der Waals surface area contributed by atoms with Gasteiger partial charge < -0.3 is 14.8 Å². The molecule has 2 aliphatic rings. The molecule has 26 heavy (non-hydrogen) atoms. The van der Waals surface area contributed by atoms with Crippen molar-refractivity contribution in [3.63, 3.8) is 0 Å². The third-order valence-electron chi connectivity index (χ3n) is 5.98. The Bertz CT molecular complexity index is 871. The van der Waals surface area contributed by atoms with E-state index in [0.29, 0.717) is 36.0 Å². The number of nitrogens with one attached hydrogen (secondary N) is 1. The SMILES string of the molecule is CN(C)C1CCC(C(=O)N2CC(c3nc4c(cnn4C)c(=O)[nH]3)C2)CC1. The molecule has 1 saturated carbocycles. The monoisotopic (exact) mass is 358 g/mol. The molecule has 1 aliphatic heterocycles. The Morgan fingerprint density at radius 3 is 2.58 bits per heavy atom. The van der Waals surface area contributed by atoms with E-state index in [9.17, 15) is 9.59 Å². The van der Waals surface area contributed by atoms with Crippen LogP contribution in [-0.4, -0.2) is 68.7 Å². The van der Waals surface area contributed by atoms with E-state index in [0.717, 1.165) is 25.7 Å². The van der Waals surface area contributed by atoms with Gasteiger partial charge in [0.2, 0.25) is 5.91 Å². The van der Waals surface area contributed by atoms with Gasteiger partial charge in [-0.1, -0.05) is 0 Å². The predicted octanol–water partition coefficient (Wildman–Crippen LogP) is 0.703. The highest BCUT2D eigenvalue weighted by Gasteiger charge is 2.38. The molecule has 2 aromatic heterocycles. The fourth-order valence-corrected chi connectivity index (χ4v) is 4.17. The van der Waals surface area contributed by atoms with Gasteiger partial charge in [0.15, 0.2) is 5.65 Å². The lowest BCUT2D eigenvalue weighted by molar-refractivity contribution is -0.141. The first-order valence-corrected chi connectivity index (χ1v) is 9.31. The van der Waals surface area contributed by atoms with Gasteiger partial charge in [-0.05, 0) is 39.8 Å². The van der Waals surface area contributed by atoms with Crippen molar-refractivity contribution in [2.24, 2.45) is 13.0 Å². The standard InChI is InChI=1S/C18H26N6O2/c1-22(2)13-6-4-11(5-7-13)18(26)24-9-12(10-24)15-20-16-14(17(25)21-15)8-19-23(16)3/h8,11-13H,4-7,9-10H2,1-3H3,(H,20,21,25). The van der Waals surface area contributed by atoms with Crippen LogP contribution in [0.15, 0.2) is 11.0 Å². The lowest BCUT2D eigenvalue weighted by Gasteiger charge is -2.42. The molecule has 1 aliphatic carbocycles. The summed E-state index contributed by atoms with van der Waals surface area (Å²) < 4.78 is 1.61. The molecule has 4 rings (SSSR count). The average Bonchev–Trinajstić information content (AvgIpc) is 2.95. The molecule has 0 radical (unpaired) electrons. The van der Waals surface area contributed by atoms with Crippen LogP contribution in [0.3, 0.4) is 0 Å². The second-order valence-electron chi connectivity index (χ2n) is 7.87. The van der Waals surface area contributed by atoms with E-state index in [1.165, 1.54) is 6.20 Å². The van der Waals surface area contributed by atoms with Crippen LogP contribution >= 0.6 is 0 Å². The molecule has 2 fully saturated rings. The molecule has 0 spiro atoms. The Kier molecular flexibility index (Phi) is 4.30. The molecule has 1 amide bonds. The van der Waals surface area contributed by atoms with Crippen LogP contribution in [0.25, 0.3) is 11.0 Å². The van der Waals surface area contributed by atoms with Crippen LogP contribution in [0.5, 0.6) is 0 Å². The number of aromatic nitrogens is 4. The molecule has 1 saturated heterocycles. The minimum Gasteiger partial charge on any atom is -0.341 e. The van der Waals surface area contributed by atoms with Gasteiger partial charge in [0.25, 0.3) is 5.56 Å². The molecule has 0 atom stereocenters. The van der Waals surface area contributed by atoms with Crippen LogP contribution in [0, 0.1) is 5.92 Å². The van der Waals surface area contributed by atoms with Gasteiger partial charge in [-0.3, -0.25) is 14.3 Å². The first-order chi connectivity index (χ1) is 12.4. The normalized spacial score (nSPS) is 24.2. The van der Waals surface area contributed by atoms with Gasteiger partial charge in [-0.15, -0.1) is 0 Å². The first kappa shape index (κ1) is 17.2. The third-order valence-corrected chi connectivity index (χ3v) is 5.98. The van der Waals surface area contributed by atoms with E-state index < -0.39 is 0 Å². The summed E-state index contributed by atoms with van der Waals surface area (Å²) in [4.78, 5) is 36.5. The maximum atomic E-state index is 12.7. The highest BCUT2D eigenvalue weighted by atomic mass is 16.2. The van der Waals surface area contributed by atoms with Crippen molar-refractivity contribution in [1.29, 1.82) is 0 Å². The number of aromatic amines is 1. The van der Waals surface area contributed by atoms with E-state index in [1.807, 2.05) is 4.90 Å². The summed E-state index contributed by atoms with van der Waals surface area (Å²) in [6, 6.07) is 0.600. The number of carbonyl (C=O) groups excluding carboxylic acids is 1. The Hall–Kier alpha value is -2.22. The van der Waals surface area contributed by atoms with Crippen molar-refractivity contribution in [2.75, 3.05) is 27.2 Å². The van der Waals surface area contributed by atoms with Crippen LogP contribution in [0.4, 0.5) is 0 Å². The quantitative estimate of drug-likeness (QED) is 0.873. The predicted molar refractivity (Wildman–Crippen MR) is 97.9 cm³/mol. The smallest absolute Gasteiger partial charge is 0.262 e. The van der Waals surface area contributed by atoms with Gasteiger partial charge in [0, 0.05) is 32.1 Å². The Morgan fingerprint density at radius 2 is 1.92 bits per heavy atom. The summed E-state index contributed by atoms with van der Waals surface area (Å²) >= 11 is 0. The van der Waals surface area contributed by atoms with Crippen LogP contribution in [0.1, 0.15) is 37.4 Å². The maximum Gasteiger partial charge on any atom is 0.262 e. The van der Waals surface area contributed by atoms with Gasteiger partial charge in [-0.2, -0.15) is 5.10 Å². The second-order valence-corrected chi connectivity index (χ2v) is 7.87. The molecule has 0 unspecified atom stereocenters. The highest BCUT2D eigenvalue weighted by molar-refractivity contribution is 5.80. The minimum absolute atomic E-state index is 0.101. The van der Waals surface area contributed by atoms with Gasteiger partial charge >= 0.3 is 0 Å². The van der Waals surface area contributed by atoms with Crippen LogP contribution < -0.4 is 5.56 Å². The van der Waals surface area contributed by atoms with Gasteiger partial charge in [0.05, 0.1) is 12.1 Å². The van der Waals surface area contributed by atoms with E-state index in [2.05, 4.69) is 34.1 Å². The first-order valence-electron chi connectivity index (χ1n) is 9.31. The minimum atomic E-state index is -0.162. The zero-order chi connectivity index (χ0) is 18.4. The number of fused-ring (bicyclic) bond motifs is 1. The number of likely N-dealkylation sites (tertiary alicyclic amines) is 1. The molecule has 0 bridgehead atoms. The fraction of sp³-hybridized carbons (Fsp3) is 0.667. The molecular weight excluding hydrogens is 332 g/mol. The topological polar surface area (TPSA) is 87.1 Å². The number of carbonyl (C=O) groups is 1. The fourth-order valence-electron chi connectivity index (χ4n) is 4.17. The number of aryl methyl sites for hydroxylation is 1. The van der Waals surface area contributed by atoms with E-state index in [-0.39, 0.29) is 23.3 Å². The zero-order valence-corrected chi connectivity index (χ0v) is 15.6. The van der Waals surface area contributed by atoms with Crippen molar-refractivity contribution >= 4 is 16.9 Å². The van der Waals surface area contributed by atoms with E-state index in [1.54, 1.807) is 11.7 Å². The molecular formula is C18H26N6O2. The van der Waals surface area contributed by atoms with Crippen molar-refractivity contribution in [3.8, 4) is 0 Å². The Morgan fingerprint density at radius 1 is 1.23 bits per heavy atom. The lowest BCUT2D eigenvalue weighted by atomic mass is 9.83. The van der Waals surface area contributed by atoms with Gasteiger partial charge in [-0.25, -0.2) is 4.98 Å². The highest BCUT2D eigenvalue weighted by Crippen LogP contribution is 2.32. The molecule has 8 nitrogen and oxygen atoms in total. The van der Waals surface area contributed by atoms with E-state index in [4.69, 9.17) is 0 Å². The van der Waals surface area contributed by atoms with Crippen molar-refractivity contribution < 1.29 is 4.79 Å². The molecule has 140 valence electrons. The molecule has 0 aromatic carbocycles. The zero-order valence-electron chi connectivity index (χ0n) is 15.6. The summed E-state index contributed by atoms with van der Waals surface area (Å²) in [7, 11) is 6.00.